The molecule has 1 aromatic carbocycles. The van der Waals surface area contributed by atoms with Crippen molar-refractivity contribution in [1.82, 2.24) is 4.98 Å². The summed E-state index contributed by atoms with van der Waals surface area (Å²) in [6.07, 6.45) is 2.79. The van der Waals surface area contributed by atoms with E-state index in [1.165, 1.54) is 11.3 Å². The van der Waals surface area contributed by atoms with Gasteiger partial charge >= 0.3 is 0 Å². The van der Waals surface area contributed by atoms with E-state index in [0.717, 1.165) is 18.7 Å². The third-order valence-electron chi connectivity index (χ3n) is 3.16. The van der Waals surface area contributed by atoms with E-state index in [4.69, 9.17) is 0 Å². The van der Waals surface area contributed by atoms with Crippen molar-refractivity contribution in [2.24, 2.45) is 0 Å². The van der Waals surface area contributed by atoms with Gasteiger partial charge < -0.3 is 5.32 Å². The molecule has 0 bridgehead atoms. The van der Waals surface area contributed by atoms with Gasteiger partial charge in [-0.15, -0.1) is 0 Å². The van der Waals surface area contributed by atoms with Crippen molar-refractivity contribution in [3.63, 3.8) is 0 Å². The summed E-state index contributed by atoms with van der Waals surface area (Å²) in [4.78, 5) is 4.34. The van der Waals surface area contributed by atoms with Gasteiger partial charge in [-0.25, -0.2) is 0 Å². The van der Waals surface area contributed by atoms with E-state index in [0.29, 0.717) is 0 Å². The van der Waals surface area contributed by atoms with E-state index in [-0.39, 0.29) is 5.41 Å². The predicted molar refractivity (Wildman–Crippen MR) is 81.6 cm³/mol. The number of aromatic nitrogens is 1. The van der Waals surface area contributed by atoms with Crippen LogP contribution in [0, 0.1) is 0 Å². The SMILES string of the molecule is CC(C)(C)c1ccccc1NCCc1ccccn1. The lowest BCUT2D eigenvalue weighted by molar-refractivity contribution is 0.591. The third-order valence-corrected chi connectivity index (χ3v) is 3.16. The van der Waals surface area contributed by atoms with Gasteiger partial charge in [-0.2, -0.15) is 0 Å². The number of rotatable bonds is 4. The van der Waals surface area contributed by atoms with Crippen molar-refractivity contribution in [2.45, 2.75) is 32.6 Å². The van der Waals surface area contributed by atoms with Gasteiger partial charge in [-0.1, -0.05) is 45.0 Å². The minimum atomic E-state index is 0.161. The molecule has 0 atom stereocenters. The quantitative estimate of drug-likeness (QED) is 0.891. The van der Waals surface area contributed by atoms with E-state index >= 15 is 0 Å². The smallest absolute Gasteiger partial charge is 0.0421 e. The molecule has 0 aliphatic heterocycles. The zero-order chi connectivity index (χ0) is 13.7. The number of hydrogen-bond acceptors (Lipinski definition) is 2. The lowest BCUT2D eigenvalue weighted by Gasteiger charge is -2.23. The molecular formula is C17H22N2. The molecule has 0 unspecified atom stereocenters. The van der Waals surface area contributed by atoms with Gasteiger partial charge in [0, 0.05) is 30.5 Å². The molecule has 1 aromatic heterocycles. The summed E-state index contributed by atoms with van der Waals surface area (Å²) >= 11 is 0. The van der Waals surface area contributed by atoms with Crippen LogP contribution in [0.1, 0.15) is 32.0 Å². The topological polar surface area (TPSA) is 24.9 Å². The number of benzene rings is 1. The Bertz CT molecular complexity index is 512. The zero-order valence-electron chi connectivity index (χ0n) is 12.0. The van der Waals surface area contributed by atoms with Crippen molar-refractivity contribution < 1.29 is 0 Å². The minimum absolute atomic E-state index is 0.161. The van der Waals surface area contributed by atoms with E-state index in [1.807, 2.05) is 18.3 Å². The highest BCUT2D eigenvalue weighted by Crippen LogP contribution is 2.29. The molecule has 2 rings (SSSR count). The van der Waals surface area contributed by atoms with Crippen LogP contribution < -0.4 is 5.32 Å². The van der Waals surface area contributed by atoms with Gasteiger partial charge in [0.05, 0.1) is 0 Å². The molecule has 1 N–H and O–H groups in total. The standard InChI is InChI=1S/C17H22N2/c1-17(2,3)15-9-4-5-10-16(15)19-13-11-14-8-6-7-12-18-14/h4-10,12,19H,11,13H2,1-3H3. The van der Waals surface area contributed by atoms with Gasteiger partial charge in [0.2, 0.25) is 0 Å². The molecule has 1 heterocycles. The number of hydrogen-bond donors (Lipinski definition) is 1. The Hall–Kier alpha value is -1.83. The van der Waals surface area contributed by atoms with Gasteiger partial charge in [0.15, 0.2) is 0 Å². The zero-order valence-corrected chi connectivity index (χ0v) is 12.0. The van der Waals surface area contributed by atoms with Crippen molar-refractivity contribution in [3.05, 3.63) is 59.9 Å². The molecule has 0 saturated carbocycles. The van der Waals surface area contributed by atoms with E-state index in [2.05, 4.69) is 61.4 Å². The Morgan fingerprint density at radius 3 is 2.42 bits per heavy atom. The first-order chi connectivity index (χ1) is 9.07. The molecule has 0 aliphatic carbocycles. The van der Waals surface area contributed by atoms with E-state index in [9.17, 15) is 0 Å². The molecule has 2 nitrogen and oxygen atoms in total. The van der Waals surface area contributed by atoms with Crippen LogP contribution in [0.2, 0.25) is 0 Å². The van der Waals surface area contributed by atoms with Gasteiger partial charge in [-0.3, -0.25) is 4.98 Å². The van der Waals surface area contributed by atoms with Crippen molar-refractivity contribution in [3.8, 4) is 0 Å². The lowest BCUT2D eigenvalue weighted by atomic mass is 9.86. The maximum atomic E-state index is 4.34. The first-order valence-corrected chi connectivity index (χ1v) is 6.80. The van der Waals surface area contributed by atoms with Crippen LogP contribution in [0.5, 0.6) is 0 Å². The van der Waals surface area contributed by atoms with Crippen LogP contribution in [-0.2, 0) is 11.8 Å². The molecule has 0 aliphatic rings. The number of nitrogens with one attached hydrogen (secondary N) is 1. The van der Waals surface area contributed by atoms with E-state index in [1.54, 1.807) is 0 Å². The summed E-state index contributed by atoms with van der Waals surface area (Å²) in [5.41, 5.74) is 3.87. The fourth-order valence-corrected chi connectivity index (χ4v) is 2.16. The first kappa shape index (κ1) is 13.6. The van der Waals surface area contributed by atoms with Gasteiger partial charge in [0.1, 0.15) is 0 Å². The van der Waals surface area contributed by atoms with Crippen LogP contribution in [0.25, 0.3) is 0 Å². The minimum Gasteiger partial charge on any atom is -0.384 e. The van der Waals surface area contributed by atoms with Crippen molar-refractivity contribution in [1.29, 1.82) is 0 Å². The Kier molecular flexibility index (Phi) is 4.20. The average Bonchev–Trinajstić information content (AvgIpc) is 2.39. The maximum absolute atomic E-state index is 4.34. The normalized spacial score (nSPS) is 11.3. The molecule has 0 spiro atoms. The third kappa shape index (κ3) is 3.82. The summed E-state index contributed by atoms with van der Waals surface area (Å²) in [5.74, 6) is 0. The fourth-order valence-electron chi connectivity index (χ4n) is 2.16. The van der Waals surface area contributed by atoms with E-state index < -0.39 is 0 Å². The van der Waals surface area contributed by atoms with Crippen molar-refractivity contribution in [2.75, 3.05) is 11.9 Å². The largest absolute Gasteiger partial charge is 0.384 e. The predicted octanol–water partition coefficient (Wildman–Crippen LogP) is 4.03. The number of para-hydroxylation sites is 1. The summed E-state index contributed by atoms with van der Waals surface area (Å²) < 4.78 is 0. The van der Waals surface area contributed by atoms with Crippen LogP contribution in [-0.4, -0.2) is 11.5 Å². The Morgan fingerprint density at radius 1 is 1.00 bits per heavy atom. The highest BCUT2D eigenvalue weighted by atomic mass is 14.9. The molecule has 2 heteroatoms. The second-order valence-electron chi connectivity index (χ2n) is 5.79. The Labute approximate surface area is 115 Å². The summed E-state index contributed by atoms with van der Waals surface area (Å²) in [5, 5.41) is 3.53. The number of pyridine rings is 1. The van der Waals surface area contributed by atoms with Crippen LogP contribution in [0.4, 0.5) is 5.69 Å². The van der Waals surface area contributed by atoms with Crippen LogP contribution >= 0.6 is 0 Å². The second-order valence-corrected chi connectivity index (χ2v) is 5.79. The Morgan fingerprint density at radius 2 is 1.74 bits per heavy atom. The monoisotopic (exact) mass is 254 g/mol. The fraction of sp³-hybridized carbons (Fsp3) is 0.353. The Balaban J connectivity index is 2.00. The summed E-state index contributed by atoms with van der Waals surface area (Å²) in [6.45, 7) is 7.63. The molecule has 0 saturated heterocycles. The number of nitrogens with zero attached hydrogens (tertiary/aromatic N) is 1. The van der Waals surface area contributed by atoms with Crippen LogP contribution in [0.15, 0.2) is 48.7 Å². The maximum Gasteiger partial charge on any atom is 0.0421 e. The number of anilines is 1. The molecule has 19 heavy (non-hydrogen) atoms. The van der Waals surface area contributed by atoms with Crippen LogP contribution in [0.3, 0.4) is 0 Å². The lowest BCUT2D eigenvalue weighted by Crippen LogP contribution is -2.16. The summed E-state index contributed by atoms with van der Waals surface area (Å²) in [7, 11) is 0. The van der Waals surface area contributed by atoms with Crippen molar-refractivity contribution >= 4 is 5.69 Å². The highest BCUT2D eigenvalue weighted by Gasteiger charge is 2.16. The molecule has 100 valence electrons. The molecule has 2 aromatic rings. The highest BCUT2D eigenvalue weighted by molar-refractivity contribution is 5.54. The van der Waals surface area contributed by atoms with Gasteiger partial charge in [-0.05, 0) is 29.2 Å². The second kappa shape index (κ2) is 5.87. The molecule has 0 fully saturated rings. The average molecular weight is 254 g/mol. The molecule has 0 radical (unpaired) electrons. The van der Waals surface area contributed by atoms with Gasteiger partial charge in [0.25, 0.3) is 0 Å². The first-order valence-electron chi connectivity index (χ1n) is 6.80. The molecule has 0 amide bonds. The summed E-state index contributed by atoms with van der Waals surface area (Å²) in [6, 6.07) is 14.6. The molecular weight excluding hydrogens is 232 g/mol.